The lowest BCUT2D eigenvalue weighted by atomic mass is 9.93. The average molecular weight is 275 g/mol. The van der Waals surface area contributed by atoms with Crippen LogP contribution in [0.2, 0.25) is 0 Å². The molecule has 0 aliphatic rings. The Hall–Kier alpha value is -0.820. The summed E-state index contributed by atoms with van der Waals surface area (Å²) in [6.07, 6.45) is 6.13. The standard InChI is InChI=1S/C19H33N/c1-6-17-9-11-18(7-2)19(14-17)10-8-16(5)12-13-20-15(3)4/h9,11,14-16,20H,6-8,10,12-13H2,1-5H3. The van der Waals surface area contributed by atoms with Crippen LogP contribution in [0.25, 0.3) is 0 Å². The van der Waals surface area contributed by atoms with Crippen molar-refractivity contribution in [3.8, 4) is 0 Å². The largest absolute Gasteiger partial charge is 0.315 e. The fourth-order valence-corrected chi connectivity index (χ4v) is 2.64. The minimum atomic E-state index is 0.607. The number of hydrogen-bond acceptors (Lipinski definition) is 1. The fourth-order valence-electron chi connectivity index (χ4n) is 2.64. The number of benzene rings is 1. The highest BCUT2D eigenvalue weighted by Crippen LogP contribution is 2.18. The second-order valence-electron chi connectivity index (χ2n) is 6.35. The van der Waals surface area contributed by atoms with Crippen LogP contribution in [0.3, 0.4) is 0 Å². The molecule has 1 atom stereocenters. The molecular weight excluding hydrogens is 242 g/mol. The summed E-state index contributed by atoms with van der Waals surface area (Å²) in [5, 5.41) is 3.52. The van der Waals surface area contributed by atoms with Crippen LogP contribution in [0.4, 0.5) is 0 Å². The molecule has 0 aromatic heterocycles. The smallest absolute Gasteiger partial charge is 0.00103 e. The Balaban J connectivity index is 2.47. The van der Waals surface area contributed by atoms with Crippen molar-refractivity contribution < 1.29 is 0 Å². The molecule has 0 bridgehead atoms. The molecule has 0 saturated heterocycles. The first-order chi connectivity index (χ1) is 9.56. The number of hydrogen-bond donors (Lipinski definition) is 1. The van der Waals surface area contributed by atoms with E-state index in [-0.39, 0.29) is 0 Å². The molecule has 0 aliphatic carbocycles. The van der Waals surface area contributed by atoms with E-state index in [0.717, 1.165) is 25.3 Å². The molecule has 0 saturated carbocycles. The molecule has 114 valence electrons. The van der Waals surface area contributed by atoms with Gasteiger partial charge in [0, 0.05) is 6.04 Å². The first-order valence-electron chi connectivity index (χ1n) is 8.40. The van der Waals surface area contributed by atoms with Gasteiger partial charge in [-0.2, -0.15) is 0 Å². The van der Waals surface area contributed by atoms with Crippen molar-refractivity contribution in [2.24, 2.45) is 5.92 Å². The summed E-state index contributed by atoms with van der Waals surface area (Å²) >= 11 is 0. The quantitative estimate of drug-likeness (QED) is 0.684. The van der Waals surface area contributed by atoms with Crippen molar-refractivity contribution in [1.82, 2.24) is 5.32 Å². The van der Waals surface area contributed by atoms with Gasteiger partial charge in [0.25, 0.3) is 0 Å². The molecule has 1 aromatic rings. The molecule has 0 heterocycles. The van der Waals surface area contributed by atoms with Gasteiger partial charge in [0.05, 0.1) is 0 Å². The minimum Gasteiger partial charge on any atom is -0.315 e. The minimum absolute atomic E-state index is 0.607. The third-order valence-corrected chi connectivity index (χ3v) is 4.16. The van der Waals surface area contributed by atoms with Gasteiger partial charge in [-0.1, -0.05) is 52.8 Å². The summed E-state index contributed by atoms with van der Waals surface area (Å²) in [6, 6.07) is 7.66. The van der Waals surface area contributed by atoms with Crippen LogP contribution in [0.15, 0.2) is 18.2 Å². The second kappa shape index (κ2) is 9.18. The van der Waals surface area contributed by atoms with Gasteiger partial charge in [-0.15, -0.1) is 0 Å². The average Bonchev–Trinajstić information content (AvgIpc) is 2.44. The van der Waals surface area contributed by atoms with Crippen LogP contribution >= 0.6 is 0 Å². The Morgan fingerprint density at radius 3 is 2.30 bits per heavy atom. The summed E-state index contributed by atoms with van der Waals surface area (Å²) < 4.78 is 0. The molecule has 0 radical (unpaired) electrons. The summed E-state index contributed by atoms with van der Waals surface area (Å²) in [6.45, 7) is 12.5. The monoisotopic (exact) mass is 275 g/mol. The van der Waals surface area contributed by atoms with E-state index >= 15 is 0 Å². The maximum Gasteiger partial charge on any atom is 0.00103 e. The SMILES string of the molecule is CCc1ccc(CC)c(CCC(C)CCNC(C)C)c1. The lowest BCUT2D eigenvalue weighted by Gasteiger charge is -2.15. The molecule has 1 unspecified atom stereocenters. The Morgan fingerprint density at radius 1 is 0.950 bits per heavy atom. The van der Waals surface area contributed by atoms with E-state index in [4.69, 9.17) is 0 Å². The summed E-state index contributed by atoms with van der Waals surface area (Å²) in [5.74, 6) is 0.802. The third-order valence-electron chi connectivity index (χ3n) is 4.16. The van der Waals surface area contributed by atoms with Gasteiger partial charge in [0.15, 0.2) is 0 Å². The normalized spacial score (nSPS) is 12.9. The lowest BCUT2D eigenvalue weighted by molar-refractivity contribution is 0.453. The first-order valence-corrected chi connectivity index (χ1v) is 8.40. The molecule has 1 rings (SSSR count). The summed E-state index contributed by atoms with van der Waals surface area (Å²) in [5.41, 5.74) is 4.59. The van der Waals surface area contributed by atoms with E-state index in [1.54, 1.807) is 5.56 Å². The van der Waals surface area contributed by atoms with Gasteiger partial charge in [0.2, 0.25) is 0 Å². The van der Waals surface area contributed by atoms with Crippen LogP contribution in [0.5, 0.6) is 0 Å². The Morgan fingerprint density at radius 2 is 1.70 bits per heavy atom. The lowest BCUT2D eigenvalue weighted by Crippen LogP contribution is -2.25. The van der Waals surface area contributed by atoms with Gasteiger partial charge >= 0.3 is 0 Å². The number of aryl methyl sites for hydroxylation is 3. The van der Waals surface area contributed by atoms with Crippen molar-refractivity contribution in [3.63, 3.8) is 0 Å². The zero-order chi connectivity index (χ0) is 15.0. The summed E-state index contributed by atoms with van der Waals surface area (Å²) in [7, 11) is 0. The predicted molar refractivity (Wildman–Crippen MR) is 90.4 cm³/mol. The van der Waals surface area contributed by atoms with Gasteiger partial charge in [-0.25, -0.2) is 0 Å². The molecule has 0 amide bonds. The Labute approximate surface area is 126 Å². The molecule has 1 aromatic carbocycles. The molecule has 1 N–H and O–H groups in total. The van der Waals surface area contributed by atoms with E-state index in [0.29, 0.717) is 6.04 Å². The maximum atomic E-state index is 3.52. The molecular formula is C19H33N. The van der Waals surface area contributed by atoms with Crippen molar-refractivity contribution >= 4 is 0 Å². The van der Waals surface area contributed by atoms with Crippen LogP contribution in [0.1, 0.15) is 64.2 Å². The van der Waals surface area contributed by atoms with Crippen molar-refractivity contribution in [2.75, 3.05) is 6.54 Å². The molecule has 0 spiro atoms. The van der Waals surface area contributed by atoms with Crippen LogP contribution in [-0.2, 0) is 19.3 Å². The van der Waals surface area contributed by atoms with Crippen LogP contribution < -0.4 is 5.32 Å². The molecule has 1 nitrogen and oxygen atoms in total. The van der Waals surface area contributed by atoms with E-state index in [1.807, 2.05) is 0 Å². The topological polar surface area (TPSA) is 12.0 Å². The Kier molecular flexibility index (Phi) is 7.91. The predicted octanol–water partition coefficient (Wildman–Crippen LogP) is 4.77. The Bertz CT molecular complexity index is 381. The van der Waals surface area contributed by atoms with Gasteiger partial charge in [-0.05, 0) is 61.3 Å². The molecule has 20 heavy (non-hydrogen) atoms. The zero-order valence-electron chi connectivity index (χ0n) is 14.1. The molecule has 0 aliphatic heterocycles. The highest BCUT2D eigenvalue weighted by molar-refractivity contribution is 5.32. The van der Waals surface area contributed by atoms with E-state index in [1.165, 1.54) is 30.4 Å². The van der Waals surface area contributed by atoms with Crippen molar-refractivity contribution in [1.29, 1.82) is 0 Å². The van der Waals surface area contributed by atoms with E-state index in [9.17, 15) is 0 Å². The van der Waals surface area contributed by atoms with Gasteiger partial charge in [0.1, 0.15) is 0 Å². The summed E-state index contributed by atoms with van der Waals surface area (Å²) in [4.78, 5) is 0. The van der Waals surface area contributed by atoms with Crippen molar-refractivity contribution in [3.05, 3.63) is 34.9 Å². The third kappa shape index (κ3) is 6.09. The zero-order valence-corrected chi connectivity index (χ0v) is 14.1. The second-order valence-corrected chi connectivity index (χ2v) is 6.35. The van der Waals surface area contributed by atoms with Crippen LogP contribution in [-0.4, -0.2) is 12.6 Å². The molecule has 0 fully saturated rings. The first kappa shape index (κ1) is 17.2. The van der Waals surface area contributed by atoms with Gasteiger partial charge < -0.3 is 5.32 Å². The number of nitrogens with one attached hydrogen (secondary N) is 1. The van der Waals surface area contributed by atoms with Gasteiger partial charge in [-0.3, -0.25) is 0 Å². The fraction of sp³-hybridized carbons (Fsp3) is 0.684. The van der Waals surface area contributed by atoms with E-state index in [2.05, 4.69) is 58.1 Å². The molecule has 1 heteroatoms. The van der Waals surface area contributed by atoms with Crippen LogP contribution in [0, 0.1) is 5.92 Å². The maximum absolute atomic E-state index is 3.52. The number of rotatable bonds is 9. The van der Waals surface area contributed by atoms with E-state index < -0.39 is 0 Å². The highest BCUT2D eigenvalue weighted by atomic mass is 14.9. The highest BCUT2D eigenvalue weighted by Gasteiger charge is 2.07. The van der Waals surface area contributed by atoms with Crippen molar-refractivity contribution in [2.45, 2.75) is 72.8 Å².